The van der Waals surface area contributed by atoms with E-state index in [1.807, 2.05) is 20.8 Å². The number of nitrogens with zero attached hydrogens (tertiary/aromatic N) is 1. The van der Waals surface area contributed by atoms with Gasteiger partial charge in [0.1, 0.15) is 11.8 Å². The van der Waals surface area contributed by atoms with Crippen molar-refractivity contribution in [2.24, 2.45) is 5.92 Å². The Hall–Kier alpha value is -2.57. The number of benzene rings is 1. The molecule has 7 heteroatoms. The number of carbonyl (C=O) groups excluding carboxylic acids is 3. The molecule has 0 aliphatic carbocycles. The van der Waals surface area contributed by atoms with Crippen LogP contribution in [0.1, 0.15) is 31.1 Å². The molecular weight excluding hydrogens is 322 g/mol. The van der Waals surface area contributed by atoms with Gasteiger partial charge < -0.3 is 20.3 Å². The molecule has 1 aromatic rings. The first kappa shape index (κ1) is 20.5. The molecule has 25 heavy (non-hydrogen) atoms. The average molecular weight is 349 g/mol. The van der Waals surface area contributed by atoms with Gasteiger partial charge in [-0.25, -0.2) is 0 Å². The predicted molar refractivity (Wildman–Crippen MR) is 95.4 cm³/mol. The van der Waals surface area contributed by atoms with Gasteiger partial charge in [0, 0.05) is 19.7 Å². The Balaban J connectivity index is 2.71. The van der Waals surface area contributed by atoms with Gasteiger partial charge in [-0.15, -0.1) is 0 Å². The van der Waals surface area contributed by atoms with Crippen molar-refractivity contribution >= 4 is 17.7 Å². The van der Waals surface area contributed by atoms with Crippen LogP contribution in [-0.4, -0.2) is 55.9 Å². The van der Waals surface area contributed by atoms with Gasteiger partial charge in [0.2, 0.25) is 11.8 Å². The molecule has 0 aliphatic rings. The van der Waals surface area contributed by atoms with E-state index in [0.717, 1.165) is 0 Å². The lowest BCUT2D eigenvalue weighted by atomic mass is 10.0. The van der Waals surface area contributed by atoms with Crippen LogP contribution in [0.4, 0.5) is 0 Å². The number of ether oxygens (including phenoxy) is 1. The van der Waals surface area contributed by atoms with E-state index in [4.69, 9.17) is 4.74 Å². The normalized spacial score (nSPS) is 11.6. The first-order valence-corrected chi connectivity index (χ1v) is 8.27. The third kappa shape index (κ3) is 6.45. The first-order valence-electron chi connectivity index (χ1n) is 8.27. The van der Waals surface area contributed by atoms with Gasteiger partial charge in [-0.3, -0.25) is 14.4 Å². The van der Waals surface area contributed by atoms with E-state index in [1.165, 1.54) is 4.90 Å². The Morgan fingerprint density at radius 2 is 1.72 bits per heavy atom. The molecule has 1 atom stereocenters. The highest BCUT2D eigenvalue weighted by molar-refractivity contribution is 5.98. The van der Waals surface area contributed by atoms with Gasteiger partial charge in [-0.05, 0) is 37.1 Å². The highest BCUT2D eigenvalue weighted by Gasteiger charge is 2.25. The fourth-order valence-electron chi connectivity index (χ4n) is 2.06. The van der Waals surface area contributed by atoms with Crippen molar-refractivity contribution in [2.45, 2.75) is 26.8 Å². The minimum atomic E-state index is -0.728. The molecule has 0 spiro atoms. The molecule has 2 N–H and O–H groups in total. The van der Waals surface area contributed by atoms with Crippen molar-refractivity contribution in [1.82, 2.24) is 15.5 Å². The summed E-state index contributed by atoms with van der Waals surface area (Å²) in [6.07, 6.45) is 0. The zero-order chi connectivity index (χ0) is 19.0. The first-order chi connectivity index (χ1) is 11.8. The average Bonchev–Trinajstić information content (AvgIpc) is 2.57. The van der Waals surface area contributed by atoms with Crippen LogP contribution >= 0.6 is 0 Å². The van der Waals surface area contributed by atoms with Crippen molar-refractivity contribution in [3.05, 3.63) is 29.8 Å². The van der Waals surface area contributed by atoms with Gasteiger partial charge in [0.05, 0.1) is 13.2 Å². The van der Waals surface area contributed by atoms with E-state index >= 15 is 0 Å². The molecule has 0 saturated heterocycles. The Labute approximate surface area is 148 Å². The lowest BCUT2D eigenvalue weighted by Crippen LogP contribution is -2.51. The summed E-state index contributed by atoms with van der Waals surface area (Å²) < 4.78 is 5.34. The van der Waals surface area contributed by atoms with E-state index in [0.29, 0.717) is 17.9 Å². The summed E-state index contributed by atoms with van der Waals surface area (Å²) in [4.78, 5) is 37.6. The van der Waals surface area contributed by atoms with E-state index in [-0.39, 0.29) is 30.2 Å². The van der Waals surface area contributed by atoms with Gasteiger partial charge in [0.15, 0.2) is 0 Å². The Bertz CT molecular complexity index is 597. The Kier molecular flexibility index (Phi) is 7.91. The van der Waals surface area contributed by atoms with Gasteiger partial charge in [0.25, 0.3) is 5.91 Å². The Morgan fingerprint density at radius 1 is 1.12 bits per heavy atom. The van der Waals surface area contributed by atoms with E-state index in [9.17, 15) is 14.4 Å². The molecule has 0 heterocycles. The smallest absolute Gasteiger partial charge is 0.251 e. The molecule has 0 radical (unpaired) electrons. The molecule has 0 saturated carbocycles. The second-order valence-corrected chi connectivity index (χ2v) is 6.16. The summed E-state index contributed by atoms with van der Waals surface area (Å²) in [7, 11) is 3.23. The summed E-state index contributed by atoms with van der Waals surface area (Å²) in [5, 5.41) is 5.28. The van der Waals surface area contributed by atoms with Crippen LogP contribution in [0.25, 0.3) is 0 Å². The number of carbonyl (C=O) groups is 3. The van der Waals surface area contributed by atoms with Crippen molar-refractivity contribution < 1.29 is 19.1 Å². The van der Waals surface area contributed by atoms with Crippen LogP contribution in [-0.2, 0) is 9.59 Å². The van der Waals surface area contributed by atoms with Crippen LogP contribution in [0, 0.1) is 5.92 Å². The van der Waals surface area contributed by atoms with Gasteiger partial charge in [-0.1, -0.05) is 13.8 Å². The third-order valence-corrected chi connectivity index (χ3v) is 3.58. The molecule has 1 aromatic carbocycles. The van der Waals surface area contributed by atoms with E-state index in [2.05, 4.69) is 10.6 Å². The number of rotatable bonds is 8. The minimum absolute atomic E-state index is 0.103. The molecule has 0 bridgehead atoms. The molecule has 0 aromatic heterocycles. The minimum Gasteiger partial charge on any atom is -0.494 e. The quantitative estimate of drug-likeness (QED) is 0.734. The van der Waals surface area contributed by atoms with Crippen LogP contribution in [0.5, 0.6) is 5.75 Å². The van der Waals surface area contributed by atoms with Gasteiger partial charge >= 0.3 is 0 Å². The maximum absolute atomic E-state index is 12.4. The zero-order valence-electron chi connectivity index (χ0n) is 15.5. The van der Waals surface area contributed by atoms with E-state index in [1.54, 1.807) is 38.4 Å². The predicted octanol–water partition coefficient (Wildman–Crippen LogP) is 1.04. The number of nitrogens with one attached hydrogen (secondary N) is 2. The number of likely N-dealkylation sites (N-methyl/N-ethyl adjacent to an activating group) is 1. The summed E-state index contributed by atoms with van der Waals surface area (Å²) in [6, 6.07) is 5.97. The molecule has 3 amide bonds. The summed E-state index contributed by atoms with van der Waals surface area (Å²) in [6.45, 7) is 5.99. The topological polar surface area (TPSA) is 87.7 Å². The maximum Gasteiger partial charge on any atom is 0.251 e. The largest absolute Gasteiger partial charge is 0.494 e. The lowest BCUT2D eigenvalue weighted by molar-refractivity contribution is -0.131. The Morgan fingerprint density at radius 3 is 2.20 bits per heavy atom. The number of hydrogen-bond acceptors (Lipinski definition) is 4. The molecule has 7 nitrogen and oxygen atoms in total. The second kappa shape index (κ2) is 9.66. The summed E-state index contributed by atoms with van der Waals surface area (Å²) in [5.74, 6) is -0.394. The van der Waals surface area contributed by atoms with Crippen LogP contribution < -0.4 is 15.4 Å². The van der Waals surface area contributed by atoms with Gasteiger partial charge in [-0.2, -0.15) is 0 Å². The fraction of sp³-hybridized carbons (Fsp3) is 0.500. The summed E-state index contributed by atoms with van der Waals surface area (Å²) >= 11 is 0. The summed E-state index contributed by atoms with van der Waals surface area (Å²) in [5.41, 5.74) is 0.436. The monoisotopic (exact) mass is 349 g/mol. The number of amides is 3. The number of hydrogen-bond donors (Lipinski definition) is 2. The fourth-order valence-corrected chi connectivity index (χ4v) is 2.06. The highest BCUT2D eigenvalue weighted by Crippen LogP contribution is 2.13. The van der Waals surface area contributed by atoms with Crippen molar-refractivity contribution in [1.29, 1.82) is 0 Å². The molecule has 138 valence electrons. The maximum atomic E-state index is 12.4. The molecule has 0 fully saturated rings. The molecule has 1 rings (SSSR count). The third-order valence-electron chi connectivity index (χ3n) is 3.58. The lowest BCUT2D eigenvalue weighted by Gasteiger charge is -2.22. The SMILES string of the molecule is CCOc1ccc(C(=O)N[C@H](C(=O)NCC(=O)N(C)C)C(C)C)cc1. The van der Waals surface area contributed by atoms with Crippen LogP contribution in [0.2, 0.25) is 0 Å². The molecule has 0 unspecified atom stereocenters. The van der Waals surface area contributed by atoms with E-state index < -0.39 is 6.04 Å². The second-order valence-electron chi connectivity index (χ2n) is 6.16. The molecule has 0 aliphatic heterocycles. The van der Waals surface area contributed by atoms with Crippen molar-refractivity contribution in [3.8, 4) is 5.75 Å². The standard InChI is InChI=1S/C18H27N3O4/c1-6-25-14-9-7-13(8-10-14)17(23)20-16(12(2)3)18(24)19-11-15(22)21(4)5/h7-10,12,16H,6,11H2,1-5H3,(H,19,24)(H,20,23)/t16-/m0/s1. The van der Waals surface area contributed by atoms with Crippen molar-refractivity contribution in [3.63, 3.8) is 0 Å². The zero-order valence-corrected chi connectivity index (χ0v) is 15.5. The molecular formula is C18H27N3O4. The van der Waals surface area contributed by atoms with Crippen LogP contribution in [0.3, 0.4) is 0 Å². The van der Waals surface area contributed by atoms with Crippen molar-refractivity contribution in [2.75, 3.05) is 27.2 Å². The van der Waals surface area contributed by atoms with Crippen LogP contribution in [0.15, 0.2) is 24.3 Å². The highest BCUT2D eigenvalue weighted by atomic mass is 16.5.